The topological polar surface area (TPSA) is 178 Å². The summed E-state index contributed by atoms with van der Waals surface area (Å²) >= 11 is 0. The Morgan fingerprint density at radius 1 is 0.800 bits per heavy atom. The van der Waals surface area contributed by atoms with Crippen LogP contribution < -0.4 is 16.0 Å². The monoisotopic (exact) mass is 548 g/mol. The number of carbonyl (C=O) groups excluding carboxylic acids is 3. The second kappa shape index (κ2) is 12.9. The molecule has 0 bridgehead atoms. The highest BCUT2D eigenvalue weighted by Crippen LogP contribution is 2.23. The van der Waals surface area contributed by atoms with Crippen LogP contribution >= 0.6 is 0 Å². The lowest BCUT2D eigenvalue weighted by molar-refractivity contribution is -0.116. The number of hydrogen-bond acceptors (Lipinski definition) is 5. The van der Waals surface area contributed by atoms with Crippen LogP contribution in [0.25, 0.3) is 10.9 Å². The first-order chi connectivity index (χ1) is 19.2. The number of nitrogens with one attached hydrogen (secondary N) is 4. The largest absolute Gasteiger partial charge is 0.478 e. The van der Waals surface area contributed by atoms with E-state index in [0.29, 0.717) is 12.5 Å². The van der Waals surface area contributed by atoms with Crippen LogP contribution in [0, 0.1) is 5.92 Å². The minimum absolute atomic E-state index is 0.0131. The molecule has 0 spiro atoms. The average Bonchev–Trinajstić information content (AvgIpc) is 3.23. The van der Waals surface area contributed by atoms with E-state index in [9.17, 15) is 34.2 Å². The van der Waals surface area contributed by atoms with Crippen molar-refractivity contribution in [3.8, 4) is 0 Å². The van der Waals surface area contributed by atoms with Gasteiger partial charge in [0.15, 0.2) is 0 Å². The van der Waals surface area contributed by atoms with Gasteiger partial charge in [-0.15, -0.1) is 0 Å². The molecule has 1 saturated carbocycles. The van der Waals surface area contributed by atoms with Crippen molar-refractivity contribution in [1.82, 2.24) is 15.6 Å². The Labute approximate surface area is 230 Å². The molecule has 40 heavy (non-hydrogen) atoms. The van der Waals surface area contributed by atoms with E-state index in [0.717, 1.165) is 54.8 Å². The number of carbonyl (C=O) groups is 5. The fraction of sp³-hybridized carbons (Fsp3) is 0.345. The fourth-order valence-corrected chi connectivity index (χ4v) is 4.93. The van der Waals surface area contributed by atoms with Crippen LogP contribution in [0.3, 0.4) is 0 Å². The average molecular weight is 549 g/mol. The Morgan fingerprint density at radius 3 is 2.08 bits per heavy atom. The molecule has 1 aliphatic carbocycles. The summed E-state index contributed by atoms with van der Waals surface area (Å²) in [5, 5.41) is 27.3. The molecule has 0 aliphatic heterocycles. The lowest BCUT2D eigenvalue weighted by Gasteiger charge is -2.16. The van der Waals surface area contributed by atoms with Gasteiger partial charge >= 0.3 is 11.9 Å². The molecule has 1 aromatic heterocycles. The van der Waals surface area contributed by atoms with E-state index < -0.39 is 23.8 Å². The molecule has 0 saturated heterocycles. The highest BCUT2D eigenvalue weighted by atomic mass is 16.4. The van der Waals surface area contributed by atoms with Gasteiger partial charge in [-0.05, 0) is 55.2 Å². The Kier molecular flexibility index (Phi) is 9.15. The van der Waals surface area contributed by atoms with Crippen LogP contribution in [0.5, 0.6) is 0 Å². The van der Waals surface area contributed by atoms with E-state index in [1.54, 1.807) is 24.4 Å². The summed E-state index contributed by atoms with van der Waals surface area (Å²) in [6.45, 7) is 0.485. The number of aromatic nitrogens is 1. The molecule has 1 fully saturated rings. The maximum Gasteiger partial charge on any atom is 0.335 e. The van der Waals surface area contributed by atoms with Gasteiger partial charge in [-0.3, -0.25) is 14.4 Å². The molecular formula is C29H32N4O7. The Hall–Kier alpha value is -4.67. The van der Waals surface area contributed by atoms with E-state index in [4.69, 9.17) is 0 Å². The summed E-state index contributed by atoms with van der Waals surface area (Å²) in [6.07, 6.45) is 8.44. The van der Waals surface area contributed by atoms with Crippen molar-refractivity contribution in [3.05, 3.63) is 64.8 Å². The SMILES string of the molecule is O=C(CCNC(=O)c1cc2cc[nH]c2cc1C(=O)NCC1CCCCCC1)Nc1cc(C(=O)O)cc(C(=O)O)c1. The summed E-state index contributed by atoms with van der Waals surface area (Å²) in [4.78, 5) is 64.3. The molecule has 3 aromatic rings. The van der Waals surface area contributed by atoms with Crippen LogP contribution in [-0.2, 0) is 4.79 Å². The predicted octanol–water partition coefficient (Wildman–Crippen LogP) is 4.02. The Morgan fingerprint density at radius 2 is 1.43 bits per heavy atom. The number of carboxylic acid groups (broad SMARTS) is 2. The number of carboxylic acids is 2. The second-order valence-corrected chi connectivity index (χ2v) is 9.99. The molecule has 11 heteroatoms. The lowest BCUT2D eigenvalue weighted by atomic mass is 9.99. The summed E-state index contributed by atoms with van der Waals surface area (Å²) in [7, 11) is 0. The van der Waals surface area contributed by atoms with Crippen molar-refractivity contribution in [2.75, 3.05) is 18.4 Å². The number of hydrogen-bond donors (Lipinski definition) is 6. The molecule has 0 unspecified atom stereocenters. The quantitative estimate of drug-likeness (QED) is 0.207. The molecule has 6 N–H and O–H groups in total. The van der Waals surface area contributed by atoms with Gasteiger partial charge in [-0.2, -0.15) is 0 Å². The number of anilines is 1. The van der Waals surface area contributed by atoms with E-state index in [2.05, 4.69) is 20.9 Å². The molecule has 11 nitrogen and oxygen atoms in total. The standard InChI is InChI=1S/C29H32N4O7/c34-25(33-21-12-19(28(37)38)11-20(13-21)29(39)40)8-10-31-26(35)22-14-18-7-9-30-24(18)15-23(22)27(36)32-16-17-5-3-1-2-4-6-17/h7,9,11-15,17,30H,1-6,8,10,16H2,(H,31,35)(H,32,36)(H,33,34)(H,37,38)(H,39,40). The molecule has 4 rings (SSSR count). The van der Waals surface area contributed by atoms with Gasteiger partial charge in [0.1, 0.15) is 0 Å². The van der Waals surface area contributed by atoms with Gasteiger partial charge in [0.2, 0.25) is 5.91 Å². The third kappa shape index (κ3) is 7.25. The maximum atomic E-state index is 13.1. The number of aromatic carboxylic acids is 2. The van der Waals surface area contributed by atoms with Gasteiger partial charge in [0, 0.05) is 42.3 Å². The zero-order chi connectivity index (χ0) is 28.6. The van der Waals surface area contributed by atoms with E-state index in [1.807, 2.05) is 0 Å². The number of rotatable bonds is 10. The number of H-pyrrole nitrogens is 1. The minimum Gasteiger partial charge on any atom is -0.478 e. The highest BCUT2D eigenvalue weighted by Gasteiger charge is 2.21. The van der Waals surface area contributed by atoms with Crippen LogP contribution in [0.1, 0.15) is 86.4 Å². The molecule has 2 aromatic carbocycles. The Balaban J connectivity index is 1.39. The smallest absolute Gasteiger partial charge is 0.335 e. The van der Waals surface area contributed by atoms with Crippen molar-refractivity contribution < 1.29 is 34.2 Å². The summed E-state index contributed by atoms with van der Waals surface area (Å²) < 4.78 is 0. The van der Waals surface area contributed by atoms with Crippen LogP contribution in [-0.4, -0.2) is 57.9 Å². The van der Waals surface area contributed by atoms with Crippen molar-refractivity contribution >= 4 is 46.3 Å². The Bertz CT molecular complexity index is 1410. The predicted molar refractivity (Wildman–Crippen MR) is 148 cm³/mol. The van der Waals surface area contributed by atoms with Crippen molar-refractivity contribution in [1.29, 1.82) is 0 Å². The van der Waals surface area contributed by atoms with Crippen molar-refractivity contribution in [2.24, 2.45) is 5.92 Å². The van der Waals surface area contributed by atoms with Crippen molar-refractivity contribution in [2.45, 2.75) is 44.9 Å². The normalized spacial score (nSPS) is 13.8. The molecule has 210 valence electrons. The second-order valence-electron chi connectivity index (χ2n) is 9.99. The van der Waals surface area contributed by atoms with Crippen LogP contribution in [0.2, 0.25) is 0 Å². The van der Waals surface area contributed by atoms with Crippen LogP contribution in [0.4, 0.5) is 5.69 Å². The van der Waals surface area contributed by atoms with Gasteiger partial charge < -0.3 is 31.1 Å². The molecule has 3 amide bonds. The van der Waals surface area contributed by atoms with E-state index in [-0.39, 0.29) is 46.8 Å². The first-order valence-corrected chi connectivity index (χ1v) is 13.3. The van der Waals surface area contributed by atoms with E-state index >= 15 is 0 Å². The lowest BCUT2D eigenvalue weighted by Crippen LogP contribution is -2.33. The first kappa shape index (κ1) is 28.3. The van der Waals surface area contributed by atoms with Gasteiger partial charge in [-0.1, -0.05) is 25.7 Å². The molecular weight excluding hydrogens is 516 g/mol. The van der Waals surface area contributed by atoms with Gasteiger partial charge in [0.25, 0.3) is 11.8 Å². The van der Waals surface area contributed by atoms with E-state index in [1.165, 1.54) is 12.8 Å². The maximum absolute atomic E-state index is 13.1. The molecule has 1 heterocycles. The summed E-state index contributed by atoms with van der Waals surface area (Å²) in [6, 6.07) is 8.37. The molecule has 1 aliphatic rings. The van der Waals surface area contributed by atoms with Crippen LogP contribution in [0.15, 0.2) is 42.6 Å². The number of amides is 3. The third-order valence-electron chi connectivity index (χ3n) is 7.05. The highest BCUT2D eigenvalue weighted by molar-refractivity contribution is 6.10. The van der Waals surface area contributed by atoms with Gasteiger partial charge in [0.05, 0.1) is 22.3 Å². The molecule has 0 atom stereocenters. The summed E-state index contributed by atoms with van der Waals surface area (Å²) in [5.74, 6) is -3.66. The number of fused-ring (bicyclic) bond motifs is 1. The first-order valence-electron chi connectivity index (χ1n) is 13.3. The zero-order valence-corrected chi connectivity index (χ0v) is 21.9. The minimum atomic E-state index is -1.33. The fourth-order valence-electron chi connectivity index (χ4n) is 4.93. The zero-order valence-electron chi connectivity index (χ0n) is 21.9. The van der Waals surface area contributed by atoms with Crippen molar-refractivity contribution in [3.63, 3.8) is 0 Å². The molecule has 0 radical (unpaired) electrons. The summed E-state index contributed by atoms with van der Waals surface area (Å²) in [5.41, 5.74) is 0.587. The number of benzene rings is 2. The van der Waals surface area contributed by atoms with Gasteiger partial charge in [-0.25, -0.2) is 9.59 Å². The third-order valence-corrected chi connectivity index (χ3v) is 7.05. The number of aromatic amines is 1.